The highest BCUT2D eigenvalue weighted by molar-refractivity contribution is 4.84. The maximum Gasteiger partial charge on any atom is 0.115 e. The SMILES string of the molecule is CC[C@@H]1CCC[C@H](F)[C@@H]1N. The third-order valence-electron chi connectivity index (χ3n) is 2.54. The predicted octanol–water partition coefficient (Wildman–Crippen LogP) is 1.86. The molecule has 0 bridgehead atoms. The Labute approximate surface area is 61.8 Å². The second-order valence-corrected chi connectivity index (χ2v) is 3.19. The number of hydrogen-bond acceptors (Lipinski definition) is 1. The Morgan fingerprint density at radius 1 is 1.50 bits per heavy atom. The van der Waals surface area contributed by atoms with Gasteiger partial charge in [0.25, 0.3) is 0 Å². The van der Waals surface area contributed by atoms with Crippen molar-refractivity contribution in [2.75, 3.05) is 0 Å². The minimum atomic E-state index is -0.737. The molecule has 0 heterocycles. The van der Waals surface area contributed by atoms with E-state index in [4.69, 9.17) is 5.73 Å². The van der Waals surface area contributed by atoms with Gasteiger partial charge in [0.05, 0.1) is 0 Å². The molecular weight excluding hydrogens is 129 g/mol. The molecule has 2 N–H and O–H groups in total. The van der Waals surface area contributed by atoms with Gasteiger partial charge in [-0.05, 0) is 18.8 Å². The van der Waals surface area contributed by atoms with Crippen molar-refractivity contribution in [1.29, 1.82) is 0 Å². The summed E-state index contributed by atoms with van der Waals surface area (Å²) in [6, 6.07) is -0.182. The summed E-state index contributed by atoms with van der Waals surface area (Å²) in [5.41, 5.74) is 5.66. The molecule has 60 valence electrons. The van der Waals surface area contributed by atoms with Crippen molar-refractivity contribution >= 4 is 0 Å². The number of nitrogens with two attached hydrogens (primary N) is 1. The normalized spacial score (nSPS) is 41.7. The van der Waals surface area contributed by atoms with E-state index in [9.17, 15) is 4.39 Å². The standard InChI is InChI=1S/C8H16FN/c1-2-6-4-3-5-7(9)8(6)10/h6-8H,2-5,10H2,1H3/t6-,7+,8-/m1/s1. The smallest absolute Gasteiger partial charge is 0.115 e. The van der Waals surface area contributed by atoms with E-state index in [0.29, 0.717) is 12.3 Å². The van der Waals surface area contributed by atoms with Crippen LogP contribution in [-0.2, 0) is 0 Å². The second-order valence-electron chi connectivity index (χ2n) is 3.19. The van der Waals surface area contributed by atoms with Crippen molar-refractivity contribution in [3.8, 4) is 0 Å². The van der Waals surface area contributed by atoms with Crippen LogP contribution in [0.1, 0.15) is 32.6 Å². The topological polar surface area (TPSA) is 26.0 Å². The first-order valence-corrected chi connectivity index (χ1v) is 4.15. The molecule has 0 saturated heterocycles. The Morgan fingerprint density at radius 3 is 2.70 bits per heavy atom. The highest BCUT2D eigenvalue weighted by Gasteiger charge is 2.28. The van der Waals surface area contributed by atoms with E-state index in [0.717, 1.165) is 19.3 Å². The van der Waals surface area contributed by atoms with Crippen molar-refractivity contribution in [1.82, 2.24) is 0 Å². The third kappa shape index (κ3) is 1.48. The van der Waals surface area contributed by atoms with Crippen LogP contribution < -0.4 is 5.73 Å². The summed E-state index contributed by atoms with van der Waals surface area (Å²) < 4.78 is 12.9. The molecule has 2 heteroatoms. The zero-order chi connectivity index (χ0) is 7.56. The molecule has 1 aliphatic rings. The van der Waals surface area contributed by atoms with Crippen LogP contribution in [-0.4, -0.2) is 12.2 Å². The molecule has 0 aliphatic heterocycles. The fraction of sp³-hybridized carbons (Fsp3) is 1.00. The van der Waals surface area contributed by atoms with Gasteiger partial charge in [0.1, 0.15) is 6.17 Å². The van der Waals surface area contributed by atoms with E-state index in [1.54, 1.807) is 0 Å². The highest BCUT2D eigenvalue weighted by Crippen LogP contribution is 2.27. The monoisotopic (exact) mass is 145 g/mol. The molecular formula is C8H16FN. The minimum Gasteiger partial charge on any atom is -0.325 e. The summed E-state index contributed by atoms with van der Waals surface area (Å²) in [6.07, 6.45) is 3.11. The summed E-state index contributed by atoms with van der Waals surface area (Å²) in [7, 11) is 0. The van der Waals surface area contributed by atoms with Gasteiger partial charge in [0.15, 0.2) is 0 Å². The zero-order valence-corrected chi connectivity index (χ0v) is 6.52. The molecule has 0 radical (unpaired) electrons. The van der Waals surface area contributed by atoms with Crippen LogP contribution in [0.4, 0.5) is 4.39 Å². The second kappa shape index (κ2) is 3.33. The van der Waals surface area contributed by atoms with E-state index in [1.165, 1.54) is 0 Å². The Hall–Kier alpha value is -0.110. The van der Waals surface area contributed by atoms with Gasteiger partial charge in [-0.1, -0.05) is 19.8 Å². The Bertz CT molecular complexity index is 105. The van der Waals surface area contributed by atoms with Gasteiger partial charge in [0.2, 0.25) is 0 Å². The Kier molecular flexibility index (Phi) is 2.66. The molecule has 0 unspecified atom stereocenters. The van der Waals surface area contributed by atoms with E-state index >= 15 is 0 Å². The third-order valence-corrected chi connectivity index (χ3v) is 2.54. The molecule has 0 aromatic rings. The summed E-state index contributed by atoms with van der Waals surface area (Å²) >= 11 is 0. The Morgan fingerprint density at radius 2 is 2.20 bits per heavy atom. The average Bonchev–Trinajstić information content (AvgIpc) is 1.95. The van der Waals surface area contributed by atoms with Crippen LogP contribution in [0.25, 0.3) is 0 Å². The molecule has 1 nitrogen and oxygen atoms in total. The summed E-state index contributed by atoms with van der Waals surface area (Å²) in [4.78, 5) is 0. The number of rotatable bonds is 1. The minimum absolute atomic E-state index is 0.182. The van der Waals surface area contributed by atoms with Gasteiger partial charge in [-0.25, -0.2) is 4.39 Å². The van der Waals surface area contributed by atoms with Crippen molar-refractivity contribution in [2.24, 2.45) is 11.7 Å². The molecule has 1 fully saturated rings. The molecule has 0 aromatic carbocycles. The van der Waals surface area contributed by atoms with E-state index in [-0.39, 0.29) is 6.04 Å². The van der Waals surface area contributed by atoms with Crippen LogP contribution in [0.5, 0.6) is 0 Å². The molecule has 10 heavy (non-hydrogen) atoms. The Balaban J connectivity index is 2.42. The lowest BCUT2D eigenvalue weighted by molar-refractivity contribution is 0.160. The number of hydrogen-bond donors (Lipinski definition) is 1. The molecule has 0 spiro atoms. The summed E-state index contributed by atoms with van der Waals surface area (Å²) in [6.45, 7) is 2.09. The fourth-order valence-corrected chi connectivity index (χ4v) is 1.73. The van der Waals surface area contributed by atoms with Crippen LogP contribution in [0.2, 0.25) is 0 Å². The van der Waals surface area contributed by atoms with Crippen molar-refractivity contribution < 1.29 is 4.39 Å². The first-order valence-electron chi connectivity index (χ1n) is 4.15. The maximum atomic E-state index is 12.9. The largest absolute Gasteiger partial charge is 0.325 e. The number of halogens is 1. The molecule has 0 aromatic heterocycles. The lowest BCUT2D eigenvalue weighted by Gasteiger charge is -2.30. The quantitative estimate of drug-likeness (QED) is 0.598. The van der Waals surface area contributed by atoms with Crippen LogP contribution in [0, 0.1) is 5.92 Å². The molecule has 1 aliphatic carbocycles. The molecule has 3 atom stereocenters. The number of alkyl halides is 1. The first-order chi connectivity index (χ1) is 4.75. The van der Waals surface area contributed by atoms with Gasteiger partial charge >= 0.3 is 0 Å². The lowest BCUT2D eigenvalue weighted by Crippen LogP contribution is -2.41. The van der Waals surface area contributed by atoms with Gasteiger partial charge in [-0.15, -0.1) is 0 Å². The fourth-order valence-electron chi connectivity index (χ4n) is 1.73. The zero-order valence-electron chi connectivity index (χ0n) is 6.52. The highest BCUT2D eigenvalue weighted by atomic mass is 19.1. The van der Waals surface area contributed by atoms with E-state index in [2.05, 4.69) is 6.92 Å². The average molecular weight is 145 g/mol. The van der Waals surface area contributed by atoms with Crippen molar-refractivity contribution in [2.45, 2.75) is 44.8 Å². The summed E-state index contributed by atoms with van der Waals surface area (Å²) in [5.74, 6) is 0.434. The van der Waals surface area contributed by atoms with Crippen LogP contribution >= 0.6 is 0 Å². The van der Waals surface area contributed by atoms with E-state index in [1.807, 2.05) is 0 Å². The lowest BCUT2D eigenvalue weighted by atomic mass is 9.82. The van der Waals surface area contributed by atoms with Crippen molar-refractivity contribution in [3.63, 3.8) is 0 Å². The summed E-state index contributed by atoms with van der Waals surface area (Å²) in [5, 5.41) is 0. The van der Waals surface area contributed by atoms with E-state index < -0.39 is 6.17 Å². The van der Waals surface area contributed by atoms with Gasteiger partial charge < -0.3 is 5.73 Å². The first kappa shape index (κ1) is 7.99. The van der Waals surface area contributed by atoms with Gasteiger partial charge in [0, 0.05) is 6.04 Å². The van der Waals surface area contributed by atoms with Gasteiger partial charge in [-0.3, -0.25) is 0 Å². The molecule has 0 amide bonds. The predicted molar refractivity (Wildman–Crippen MR) is 40.5 cm³/mol. The van der Waals surface area contributed by atoms with Crippen LogP contribution in [0.15, 0.2) is 0 Å². The molecule has 1 saturated carbocycles. The van der Waals surface area contributed by atoms with Crippen LogP contribution in [0.3, 0.4) is 0 Å². The van der Waals surface area contributed by atoms with Crippen molar-refractivity contribution in [3.05, 3.63) is 0 Å². The molecule has 1 rings (SSSR count). The maximum absolute atomic E-state index is 12.9. The van der Waals surface area contributed by atoms with Gasteiger partial charge in [-0.2, -0.15) is 0 Å².